The SMILES string of the molecule is Cc1ccc(-c2cccc3c2O[C@H](CN)C3)nc1. The Bertz CT molecular complexity index is 563. The first kappa shape index (κ1) is 11.2. The Morgan fingerprint density at radius 3 is 2.94 bits per heavy atom. The van der Waals surface area contributed by atoms with E-state index in [1.54, 1.807) is 0 Å². The summed E-state index contributed by atoms with van der Waals surface area (Å²) in [6, 6.07) is 10.3. The fourth-order valence-corrected chi connectivity index (χ4v) is 2.30. The molecule has 0 saturated heterocycles. The first-order chi connectivity index (χ1) is 8.78. The van der Waals surface area contributed by atoms with Crippen molar-refractivity contribution in [3.8, 4) is 17.0 Å². The van der Waals surface area contributed by atoms with Gasteiger partial charge in [0, 0.05) is 24.7 Å². The van der Waals surface area contributed by atoms with Gasteiger partial charge in [0.2, 0.25) is 0 Å². The highest BCUT2D eigenvalue weighted by atomic mass is 16.5. The van der Waals surface area contributed by atoms with E-state index in [-0.39, 0.29) is 6.10 Å². The number of aryl methyl sites for hydroxylation is 1. The highest BCUT2D eigenvalue weighted by Gasteiger charge is 2.24. The second-order valence-electron chi connectivity index (χ2n) is 4.69. The maximum atomic E-state index is 5.91. The van der Waals surface area contributed by atoms with Crippen LogP contribution in [0.4, 0.5) is 0 Å². The van der Waals surface area contributed by atoms with Gasteiger partial charge in [0.05, 0.1) is 5.69 Å². The van der Waals surface area contributed by atoms with Crippen LogP contribution in [0.25, 0.3) is 11.3 Å². The van der Waals surface area contributed by atoms with Gasteiger partial charge in [-0.1, -0.05) is 18.2 Å². The number of aromatic nitrogens is 1. The monoisotopic (exact) mass is 240 g/mol. The molecule has 1 atom stereocenters. The molecule has 0 aliphatic carbocycles. The molecule has 0 radical (unpaired) electrons. The van der Waals surface area contributed by atoms with Gasteiger partial charge in [0.15, 0.2) is 0 Å². The van der Waals surface area contributed by atoms with Gasteiger partial charge in [-0.25, -0.2) is 0 Å². The molecular formula is C15H16N2O. The van der Waals surface area contributed by atoms with Crippen LogP contribution >= 0.6 is 0 Å². The maximum absolute atomic E-state index is 5.91. The zero-order valence-corrected chi connectivity index (χ0v) is 10.4. The van der Waals surface area contributed by atoms with E-state index >= 15 is 0 Å². The number of fused-ring (bicyclic) bond motifs is 1. The molecule has 3 rings (SSSR count). The fraction of sp³-hybridized carbons (Fsp3) is 0.267. The first-order valence-electron chi connectivity index (χ1n) is 6.19. The van der Waals surface area contributed by atoms with Crippen molar-refractivity contribution in [1.82, 2.24) is 4.98 Å². The van der Waals surface area contributed by atoms with Crippen molar-refractivity contribution >= 4 is 0 Å². The van der Waals surface area contributed by atoms with Crippen molar-refractivity contribution in [2.45, 2.75) is 19.4 Å². The quantitative estimate of drug-likeness (QED) is 0.876. The highest BCUT2D eigenvalue weighted by Crippen LogP contribution is 2.37. The van der Waals surface area contributed by atoms with E-state index in [1.165, 1.54) is 5.56 Å². The number of benzene rings is 1. The Balaban J connectivity index is 2.05. The Hall–Kier alpha value is -1.87. The standard InChI is InChI=1S/C15H16N2O/c1-10-5-6-14(17-9-10)13-4-2-3-11-7-12(8-16)18-15(11)13/h2-6,9,12H,7-8,16H2,1H3/t12-/m0/s1. The van der Waals surface area contributed by atoms with Crippen molar-refractivity contribution < 1.29 is 4.74 Å². The lowest BCUT2D eigenvalue weighted by molar-refractivity contribution is 0.242. The number of rotatable bonds is 2. The number of nitrogens with two attached hydrogens (primary N) is 1. The van der Waals surface area contributed by atoms with E-state index in [2.05, 4.69) is 29.2 Å². The highest BCUT2D eigenvalue weighted by molar-refractivity contribution is 5.70. The minimum absolute atomic E-state index is 0.103. The molecule has 1 aromatic heterocycles. The molecule has 0 spiro atoms. The summed E-state index contributed by atoms with van der Waals surface area (Å²) in [5.41, 5.74) is 10.1. The predicted octanol–water partition coefficient (Wildman–Crippen LogP) is 2.32. The van der Waals surface area contributed by atoms with Gasteiger partial charge < -0.3 is 10.5 Å². The Morgan fingerprint density at radius 1 is 1.33 bits per heavy atom. The fourth-order valence-electron chi connectivity index (χ4n) is 2.30. The summed E-state index contributed by atoms with van der Waals surface area (Å²) in [6.45, 7) is 2.59. The molecule has 92 valence electrons. The molecule has 1 aromatic carbocycles. The van der Waals surface area contributed by atoms with Crippen LogP contribution in [0.3, 0.4) is 0 Å². The zero-order chi connectivity index (χ0) is 12.5. The van der Waals surface area contributed by atoms with Gasteiger partial charge in [-0.3, -0.25) is 4.98 Å². The maximum Gasteiger partial charge on any atom is 0.132 e. The molecule has 2 aromatic rings. The predicted molar refractivity (Wildman–Crippen MR) is 71.6 cm³/mol. The van der Waals surface area contributed by atoms with Gasteiger partial charge in [0.25, 0.3) is 0 Å². The smallest absolute Gasteiger partial charge is 0.132 e. The molecule has 2 N–H and O–H groups in total. The van der Waals surface area contributed by atoms with Crippen molar-refractivity contribution in [2.24, 2.45) is 5.73 Å². The van der Waals surface area contributed by atoms with E-state index in [4.69, 9.17) is 10.5 Å². The van der Waals surface area contributed by atoms with Crippen molar-refractivity contribution in [3.63, 3.8) is 0 Å². The summed E-state index contributed by atoms with van der Waals surface area (Å²) < 4.78 is 5.91. The van der Waals surface area contributed by atoms with E-state index in [9.17, 15) is 0 Å². The lowest BCUT2D eigenvalue weighted by atomic mass is 10.0. The minimum atomic E-state index is 0.103. The number of hydrogen-bond donors (Lipinski definition) is 1. The largest absolute Gasteiger partial charge is 0.488 e. The average molecular weight is 240 g/mol. The van der Waals surface area contributed by atoms with Crippen molar-refractivity contribution in [2.75, 3.05) is 6.54 Å². The van der Waals surface area contributed by atoms with Gasteiger partial charge in [-0.15, -0.1) is 0 Å². The summed E-state index contributed by atoms with van der Waals surface area (Å²) in [7, 11) is 0. The first-order valence-corrected chi connectivity index (χ1v) is 6.19. The Kier molecular flexibility index (Phi) is 2.76. The van der Waals surface area contributed by atoms with Gasteiger partial charge >= 0.3 is 0 Å². The molecule has 3 nitrogen and oxygen atoms in total. The molecule has 3 heteroatoms. The second-order valence-corrected chi connectivity index (χ2v) is 4.69. The third-order valence-electron chi connectivity index (χ3n) is 3.28. The molecule has 0 saturated carbocycles. The molecule has 2 heterocycles. The number of hydrogen-bond acceptors (Lipinski definition) is 3. The third kappa shape index (κ3) is 1.87. The van der Waals surface area contributed by atoms with E-state index in [1.807, 2.05) is 19.2 Å². The lowest BCUT2D eigenvalue weighted by Gasteiger charge is -2.10. The molecule has 0 bridgehead atoms. The number of nitrogens with zero attached hydrogens (tertiary/aromatic N) is 1. The zero-order valence-electron chi connectivity index (χ0n) is 10.4. The number of pyridine rings is 1. The van der Waals surface area contributed by atoms with Crippen LogP contribution in [0.1, 0.15) is 11.1 Å². The lowest BCUT2D eigenvalue weighted by Crippen LogP contribution is -2.24. The van der Waals surface area contributed by atoms with Crippen LogP contribution in [0, 0.1) is 6.92 Å². The minimum Gasteiger partial charge on any atom is -0.488 e. The number of ether oxygens (including phenoxy) is 1. The molecule has 1 aliphatic heterocycles. The van der Waals surface area contributed by atoms with Crippen LogP contribution in [-0.4, -0.2) is 17.6 Å². The van der Waals surface area contributed by atoms with Crippen molar-refractivity contribution in [1.29, 1.82) is 0 Å². The van der Waals surface area contributed by atoms with Crippen LogP contribution in [0.5, 0.6) is 5.75 Å². The summed E-state index contributed by atoms with van der Waals surface area (Å²) >= 11 is 0. The normalized spacial score (nSPS) is 17.3. The van der Waals surface area contributed by atoms with Crippen LogP contribution in [0.2, 0.25) is 0 Å². The summed E-state index contributed by atoms with van der Waals surface area (Å²) in [6.07, 6.45) is 2.88. The Morgan fingerprint density at radius 2 is 2.22 bits per heavy atom. The van der Waals surface area contributed by atoms with E-state index < -0.39 is 0 Å². The van der Waals surface area contributed by atoms with Gasteiger partial charge in [-0.05, 0) is 30.2 Å². The van der Waals surface area contributed by atoms with Crippen LogP contribution in [0.15, 0.2) is 36.5 Å². The molecular weight excluding hydrogens is 224 g/mol. The van der Waals surface area contributed by atoms with E-state index in [0.717, 1.165) is 29.0 Å². The average Bonchev–Trinajstić information content (AvgIpc) is 2.82. The summed E-state index contributed by atoms with van der Waals surface area (Å²) in [4.78, 5) is 4.47. The number of para-hydroxylation sites is 1. The van der Waals surface area contributed by atoms with Crippen molar-refractivity contribution in [3.05, 3.63) is 47.7 Å². The molecule has 0 amide bonds. The molecule has 1 aliphatic rings. The topological polar surface area (TPSA) is 48.1 Å². The van der Waals surface area contributed by atoms with Crippen LogP contribution < -0.4 is 10.5 Å². The van der Waals surface area contributed by atoms with Gasteiger partial charge in [0.1, 0.15) is 11.9 Å². The molecule has 0 unspecified atom stereocenters. The van der Waals surface area contributed by atoms with E-state index in [0.29, 0.717) is 6.54 Å². The second kappa shape index (κ2) is 4.42. The molecule has 18 heavy (non-hydrogen) atoms. The molecule has 0 fully saturated rings. The summed E-state index contributed by atoms with van der Waals surface area (Å²) in [5.74, 6) is 0.948. The van der Waals surface area contributed by atoms with Crippen LogP contribution in [-0.2, 0) is 6.42 Å². The van der Waals surface area contributed by atoms with Gasteiger partial charge in [-0.2, -0.15) is 0 Å². The Labute approximate surface area is 107 Å². The third-order valence-corrected chi connectivity index (χ3v) is 3.28. The summed E-state index contributed by atoms with van der Waals surface area (Å²) in [5, 5.41) is 0.